The third-order valence-electron chi connectivity index (χ3n) is 3.07. The summed E-state index contributed by atoms with van der Waals surface area (Å²) >= 11 is 0. The molecule has 1 fully saturated rings. The molecule has 0 aromatic rings. The maximum absolute atomic E-state index is 11.4. The van der Waals surface area contributed by atoms with Gasteiger partial charge in [-0.3, -0.25) is 4.79 Å². The minimum atomic E-state index is -0.140. The molecule has 1 rings (SSSR count). The minimum Gasteiger partial charge on any atom is -0.393 e. The molecule has 0 bridgehead atoms. The number of rotatable bonds is 7. The standard InChI is InChI=1S/C12H23NO4/c1-16-6-7-17-9-12(15)13-8-10-2-4-11(14)5-3-10/h10-11,14H,2-9H2,1H3,(H,13,15). The fourth-order valence-corrected chi connectivity index (χ4v) is 1.97. The number of nitrogens with one attached hydrogen (secondary N) is 1. The van der Waals surface area contributed by atoms with Crippen LogP contribution < -0.4 is 5.32 Å². The van der Waals surface area contributed by atoms with Crippen molar-refractivity contribution in [3.63, 3.8) is 0 Å². The lowest BCUT2D eigenvalue weighted by atomic mass is 9.87. The summed E-state index contributed by atoms with van der Waals surface area (Å²) in [6, 6.07) is 0. The van der Waals surface area contributed by atoms with Crippen molar-refractivity contribution in [3.05, 3.63) is 0 Å². The van der Waals surface area contributed by atoms with Gasteiger partial charge in [-0.25, -0.2) is 0 Å². The van der Waals surface area contributed by atoms with Gasteiger partial charge in [0.2, 0.25) is 5.91 Å². The number of amides is 1. The lowest BCUT2D eigenvalue weighted by molar-refractivity contribution is -0.126. The van der Waals surface area contributed by atoms with E-state index in [4.69, 9.17) is 9.47 Å². The summed E-state index contributed by atoms with van der Waals surface area (Å²) in [6.07, 6.45) is 3.55. The molecule has 0 unspecified atom stereocenters. The van der Waals surface area contributed by atoms with E-state index < -0.39 is 0 Å². The van der Waals surface area contributed by atoms with E-state index in [2.05, 4.69) is 5.32 Å². The second-order valence-corrected chi connectivity index (χ2v) is 4.52. The lowest BCUT2D eigenvalue weighted by Gasteiger charge is -2.25. The molecule has 0 aromatic heterocycles. The maximum Gasteiger partial charge on any atom is 0.246 e. The van der Waals surface area contributed by atoms with E-state index in [-0.39, 0.29) is 18.6 Å². The fourth-order valence-electron chi connectivity index (χ4n) is 1.97. The molecular weight excluding hydrogens is 222 g/mol. The van der Waals surface area contributed by atoms with Crippen LogP contribution in [0.3, 0.4) is 0 Å². The molecule has 0 saturated heterocycles. The number of methoxy groups -OCH3 is 1. The summed E-state index contributed by atoms with van der Waals surface area (Å²) < 4.78 is 9.92. The molecule has 1 saturated carbocycles. The highest BCUT2D eigenvalue weighted by molar-refractivity contribution is 5.77. The topological polar surface area (TPSA) is 67.8 Å². The zero-order chi connectivity index (χ0) is 12.5. The Bertz CT molecular complexity index is 215. The third kappa shape index (κ3) is 6.61. The van der Waals surface area contributed by atoms with Gasteiger partial charge in [0, 0.05) is 13.7 Å². The Hall–Kier alpha value is -0.650. The maximum atomic E-state index is 11.4. The summed E-state index contributed by atoms with van der Waals surface area (Å²) in [5.41, 5.74) is 0. The van der Waals surface area contributed by atoms with Crippen LogP contribution in [0.25, 0.3) is 0 Å². The third-order valence-corrected chi connectivity index (χ3v) is 3.07. The molecule has 1 amide bonds. The van der Waals surface area contributed by atoms with E-state index in [0.717, 1.165) is 25.7 Å². The molecule has 0 spiro atoms. The Balaban J connectivity index is 1.99. The molecule has 0 atom stereocenters. The van der Waals surface area contributed by atoms with Crippen molar-refractivity contribution in [2.75, 3.05) is 33.5 Å². The van der Waals surface area contributed by atoms with Gasteiger partial charge in [-0.15, -0.1) is 0 Å². The van der Waals surface area contributed by atoms with Crippen LogP contribution in [0.4, 0.5) is 0 Å². The number of hydrogen-bond donors (Lipinski definition) is 2. The van der Waals surface area contributed by atoms with Crippen molar-refractivity contribution < 1.29 is 19.4 Å². The van der Waals surface area contributed by atoms with Gasteiger partial charge in [-0.2, -0.15) is 0 Å². The van der Waals surface area contributed by atoms with E-state index in [0.29, 0.717) is 25.7 Å². The van der Waals surface area contributed by atoms with Crippen molar-refractivity contribution in [3.8, 4) is 0 Å². The Morgan fingerprint density at radius 3 is 2.65 bits per heavy atom. The molecule has 17 heavy (non-hydrogen) atoms. The van der Waals surface area contributed by atoms with Gasteiger partial charge in [0.05, 0.1) is 19.3 Å². The van der Waals surface area contributed by atoms with Crippen molar-refractivity contribution in [2.24, 2.45) is 5.92 Å². The normalized spacial score (nSPS) is 24.6. The number of ether oxygens (including phenoxy) is 2. The monoisotopic (exact) mass is 245 g/mol. The Morgan fingerprint density at radius 1 is 1.29 bits per heavy atom. The quantitative estimate of drug-likeness (QED) is 0.634. The number of hydrogen-bond acceptors (Lipinski definition) is 4. The van der Waals surface area contributed by atoms with Gasteiger partial charge in [-0.05, 0) is 31.6 Å². The van der Waals surface area contributed by atoms with E-state index in [1.54, 1.807) is 7.11 Å². The zero-order valence-electron chi connectivity index (χ0n) is 10.5. The number of aliphatic hydroxyl groups excluding tert-OH is 1. The molecule has 5 heteroatoms. The predicted octanol–water partition coefficient (Wildman–Crippen LogP) is 0.317. The van der Waals surface area contributed by atoms with Crippen molar-refractivity contribution >= 4 is 5.91 Å². The first kappa shape index (κ1) is 14.4. The lowest BCUT2D eigenvalue weighted by Crippen LogP contribution is -2.34. The van der Waals surface area contributed by atoms with Crippen LogP contribution in [0.2, 0.25) is 0 Å². The number of aliphatic hydroxyl groups is 1. The molecule has 2 N–H and O–H groups in total. The van der Waals surface area contributed by atoms with Crippen LogP contribution in [0.15, 0.2) is 0 Å². The van der Waals surface area contributed by atoms with Gasteiger partial charge < -0.3 is 19.9 Å². The molecule has 0 heterocycles. The summed E-state index contributed by atoms with van der Waals surface area (Å²) in [5.74, 6) is 0.425. The molecule has 1 aliphatic rings. The van der Waals surface area contributed by atoms with Crippen molar-refractivity contribution in [1.82, 2.24) is 5.32 Å². The summed E-state index contributed by atoms with van der Waals surface area (Å²) in [6.45, 7) is 1.74. The highest BCUT2D eigenvalue weighted by Gasteiger charge is 2.19. The van der Waals surface area contributed by atoms with Gasteiger partial charge in [0.25, 0.3) is 0 Å². The molecule has 1 aliphatic carbocycles. The first-order valence-electron chi connectivity index (χ1n) is 6.23. The highest BCUT2D eigenvalue weighted by Crippen LogP contribution is 2.23. The van der Waals surface area contributed by atoms with Crippen LogP contribution >= 0.6 is 0 Å². The number of carbonyl (C=O) groups excluding carboxylic acids is 1. The summed E-state index contributed by atoms with van der Waals surface area (Å²) in [4.78, 5) is 11.4. The highest BCUT2D eigenvalue weighted by atomic mass is 16.5. The van der Waals surface area contributed by atoms with Crippen LogP contribution in [-0.2, 0) is 14.3 Å². The molecular formula is C12H23NO4. The smallest absolute Gasteiger partial charge is 0.246 e. The molecule has 0 aliphatic heterocycles. The van der Waals surface area contributed by atoms with Crippen molar-refractivity contribution in [1.29, 1.82) is 0 Å². The predicted molar refractivity (Wildman–Crippen MR) is 63.7 cm³/mol. The van der Waals surface area contributed by atoms with Crippen molar-refractivity contribution in [2.45, 2.75) is 31.8 Å². The second kappa shape index (κ2) is 8.44. The Morgan fingerprint density at radius 2 is 2.00 bits per heavy atom. The second-order valence-electron chi connectivity index (χ2n) is 4.52. The van der Waals surface area contributed by atoms with Gasteiger partial charge in [0.15, 0.2) is 0 Å². The summed E-state index contributed by atoms with van der Waals surface area (Å²) in [7, 11) is 1.60. The first-order chi connectivity index (χ1) is 8.22. The summed E-state index contributed by atoms with van der Waals surface area (Å²) in [5, 5.41) is 12.2. The molecule has 5 nitrogen and oxygen atoms in total. The molecule has 100 valence electrons. The fraction of sp³-hybridized carbons (Fsp3) is 0.917. The van der Waals surface area contributed by atoms with E-state index in [1.807, 2.05) is 0 Å². The van der Waals surface area contributed by atoms with Gasteiger partial charge in [0.1, 0.15) is 6.61 Å². The first-order valence-corrected chi connectivity index (χ1v) is 6.23. The largest absolute Gasteiger partial charge is 0.393 e. The average Bonchev–Trinajstić information content (AvgIpc) is 2.34. The molecule has 0 aromatic carbocycles. The van der Waals surface area contributed by atoms with Crippen LogP contribution in [-0.4, -0.2) is 50.6 Å². The SMILES string of the molecule is COCCOCC(=O)NCC1CCC(O)CC1. The average molecular weight is 245 g/mol. The Kier molecular flexibility index (Phi) is 7.16. The van der Waals surface area contributed by atoms with Crippen LogP contribution in [0.5, 0.6) is 0 Å². The van der Waals surface area contributed by atoms with E-state index in [9.17, 15) is 9.90 Å². The van der Waals surface area contributed by atoms with Gasteiger partial charge >= 0.3 is 0 Å². The minimum absolute atomic E-state index is 0.0766. The van der Waals surface area contributed by atoms with E-state index >= 15 is 0 Å². The Labute approximate surface area is 102 Å². The van der Waals surface area contributed by atoms with Crippen LogP contribution in [0, 0.1) is 5.92 Å². The van der Waals surface area contributed by atoms with Crippen LogP contribution in [0.1, 0.15) is 25.7 Å². The zero-order valence-corrected chi connectivity index (χ0v) is 10.5. The van der Waals surface area contributed by atoms with Gasteiger partial charge in [-0.1, -0.05) is 0 Å². The number of carbonyl (C=O) groups is 1. The van der Waals surface area contributed by atoms with E-state index in [1.165, 1.54) is 0 Å². The molecule has 0 radical (unpaired) electrons.